The van der Waals surface area contributed by atoms with Crippen LogP contribution >= 0.6 is 0 Å². The number of ether oxygens (including phenoxy) is 1. The minimum absolute atomic E-state index is 0.164. The molecule has 0 spiro atoms. The van der Waals surface area contributed by atoms with Crippen LogP contribution in [0.2, 0.25) is 0 Å². The molecule has 1 aliphatic rings. The summed E-state index contributed by atoms with van der Waals surface area (Å²) in [6.45, 7) is 0. The second-order valence-electron chi connectivity index (χ2n) is 5.11. The third-order valence-electron chi connectivity index (χ3n) is 3.99. The second kappa shape index (κ2) is 5.16. The van der Waals surface area contributed by atoms with Gasteiger partial charge in [-0.2, -0.15) is 4.31 Å². The van der Waals surface area contributed by atoms with Crippen LogP contribution in [0.5, 0.6) is 5.75 Å². The highest BCUT2D eigenvalue weighted by Crippen LogP contribution is 2.50. The largest absolute Gasteiger partial charge is 0.497 e. The van der Waals surface area contributed by atoms with Crippen LogP contribution in [0.3, 0.4) is 0 Å². The number of sulfonamides is 1. The molecular formula is C16H17NO3S. The Morgan fingerprint density at radius 3 is 2.14 bits per heavy atom. The van der Waals surface area contributed by atoms with Gasteiger partial charge in [-0.1, -0.05) is 42.5 Å². The predicted molar refractivity (Wildman–Crippen MR) is 81.6 cm³/mol. The summed E-state index contributed by atoms with van der Waals surface area (Å²) in [4.78, 5) is 0. The maximum Gasteiger partial charge on any atom is 0.223 e. The third kappa shape index (κ3) is 2.22. The van der Waals surface area contributed by atoms with Gasteiger partial charge in [0, 0.05) is 7.05 Å². The van der Waals surface area contributed by atoms with Gasteiger partial charge in [-0.25, -0.2) is 8.42 Å². The summed E-state index contributed by atoms with van der Waals surface area (Å²) in [7, 11) is -0.0235. The molecule has 0 amide bonds. The fraction of sp³-hybridized carbons (Fsp3) is 0.250. The highest BCUT2D eigenvalue weighted by molar-refractivity contribution is 7.90. The van der Waals surface area contributed by atoms with E-state index in [1.54, 1.807) is 14.2 Å². The number of hydrogen-bond acceptors (Lipinski definition) is 3. The maximum atomic E-state index is 12.4. The van der Waals surface area contributed by atoms with Crippen molar-refractivity contribution in [1.29, 1.82) is 0 Å². The number of methoxy groups -OCH3 is 1. The highest BCUT2D eigenvalue weighted by Gasteiger charge is 2.52. The Morgan fingerprint density at radius 2 is 1.57 bits per heavy atom. The van der Waals surface area contributed by atoms with Crippen molar-refractivity contribution in [2.45, 2.75) is 11.3 Å². The molecule has 2 atom stereocenters. The number of rotatable bonds is 3. The van der Waals surface area contributed by atoms with E-state index in [9.17, 15) is 8.42 Å². The molecule has 3 rings (SSSR count). The first kappa shape index (κ1) is 14.1. The fourth-order valence-electron chi connectivity index (χ4n) is 2.81. The summed E-state index contributed by atoms with van der Waals surface area (Å²) in [5, 5.41) is -0.517. The van der Waals surface area contributed by atoms with Gasteiger partial charge < -0.3 is 4.74 Å². The van der Waals surface area contributed by atoms with Crippen LogP contribution in [0.1, 0.15) is 22.4 Å². The van der Waals surface area contributed by atoms with E-state index in [4.69, 9.17) is 4.74 Å². The van der Waals surface area contributed by atoms with Crippen LogP contribution in [0.25, 0.3) is 0 Å². The standard InChI is InChI=1S/C16H17NO3S/c1-17-15(12-8-10-14(20-2)11-9-12)16(21(17,18)19)13-6-4-3-5-7-13/h3-11,15-16H,1-2H3/t15-,16+/m1/s1. The second-order valence-corrected chi connectivity index (χ2v) is 7.22. The summed E-state index contributed by atoms with van der Waals surface area (Å²) in [5.74, 6) is 0.764. The third-order valence-corrected chi connectivity index (χ3v) is 6.19. The van der Waals surface area contributed by atoms with E-state index in [-0.39, 0.29) is 6.04 Å². The fourth-order valence-corrected chi connectivity index (χ4v) is 4.70. The summed E-state index contributed by atoms with van der Waals surface area (Å²) in [6, 6.07) is 16.8. The van der Waals surface area contributed by atoms with E-state index in [1.807, 2.05) is 54.6 Å². The number of hydrogen-bond donors (Lipinski definition) is 0. The Hall–Kier alpha value is -1.85. The Kier molecular flexibility index (Phi) is 3.47. The number of benzene rings is 2. The molecule has 1 aliphatic heterocycles. The Bertz CT molecular complexity index is 726. The van der Waals surface area contributed by atoms with Crippen molar-refractivity contribution in [3.05, 3.63) is 65.7 Å². The first-order valence-corrected chi connectivity index (χ1v) is 8.22. The monoisotopic (exact) mass is 303 g/mol. The lowest BCUT2D eigenvalue weighted by atomic mass is 9.97. The van der Waals surface area contributed by atoms with E-state index in [0.717, 1.165) is 16.9 Å². The highest BCUT2D eigenvalue weighted by atomic mass is 32.2. The van der Waals surface area contributed by atoms with Gasteiger partial charge in [-0.15, -0.1) is 0 Å². The molecule has 0 saturated carbocycles. The van der Waals surface area contributed by atoms with Crippen LogP contribution in [0, 0.1) is 0 Å². The topological polar surface area (TPSA) is 46.6 Å². The molecule has 2 aromatic carbocycles. The van der Waals surface area contributed by atoms with E-state index in [0.29, 0.717) is 0 Å². The van der Waals surface area contributed by atoms with E-state index in [2.05, 4.69) is 0 Å². The van der Waals surface area contributed by atoms with Crippen molar-refractivity contribution in [1.82, 2.24) is 4.31 Å². The summed E-state index contributed by atoms with van der Waals surface area (Å²) >= 11 is 0. The zero-order valence-electron chi connectivity index (χ0n) is 11.9. The molecule has 0 radical (unpaired) electrons. The summed E-state index contributed by atoms with van der Waals surface area (Å²) in [6.07, 6.45) is 0. The SMILES string of the molecule is COc1ccc([C@@H]2[C@H](c3ccccc3)S(=O)(=O)N2C)cc1. The quantitative estimate of drug-likeness (QED) is 0.876. The van der Waals surface area contributed by atoms with Crippen molar-refractivity contribution in [3.8, 4) is 5.75 Å². The molecule has 0 unspecified atom stereocenters. The molecule has 0 aromatic heterocycles. The molecule has 0 aliphatic carbocycles. The molecule has 110 valence electrons. The minimum atomic E-state index is -3.26. The predicted octanol–water partition coefficient (Wildman–Crippen LogP) is 2.75. The minimum Gasteiger partial charge on any atom is -0.497 e. The smallest absolute Gasteiger partial charge is 0.223 e. The lowest BCUT2D eigenvalue weighted by Crippen LogP contribution is -2.50. The lowest BCUT2D eigenvalue weighted by Gasteiger charge is -2.45. The zero-order valence-corrected chi connectivity index (χ0v) is 12.7. The van der Waals surface area contributed by atoms with Crippen molar-refractivity contribution < 1.29 is 13.2 Å². The first-order chi connectivity index (χ1) is 10.1. The van der Waals surface area contributed by atoms with Gasteiger partial charge in [0.25, 0.3) is 0 Å². The average molecular weight is 303 g/mol. The van der Waals surface area contributed by atoms with Gasteiger partial charge in [0.1, 0.15) is 11.0 Å². The molecular weight excluding hydrogens is 286 g/mol. The maximum absolute atomic E-state index is 12.4. The van der Waals surface area contributed by atoms with Gasteiger partial charge in [-0.3, -0.25) is 0 Å². The van der Waals surface area contributed by atoms with Crippen molar-refractivity contribution in [2.75, 3.05) is 14.2 Å². The molecule has 4 nitrogen and oxygen atoms in total. The molecule has 0 N–H and O–H groups in total. The Balaban J connectivity index is 2.00. The summed E-state index contributed by atoms with van der Waals surface area (Å²) < 4.78 is 31.3. The van der Waals surface area contributed by atoms with E-state index >= 15 is 0 Å². The Morgan fingerprint density at radius 1 is 0.952 bits per heavy atom. The van der Waals surface area contributed by atoms with Gasteiger partial charge in [0.15, 0.2) is 0 Å². The van der Waals surface area contributed by atoms with Crippen molar-refractivity contribution >= 4 is 10.0 Å². The van der Waals surface area contributed by atoms with Crippen molar-refractivity contribution in [3.63, 3.8) is 0 Å². The van der Waals surface area contributed by atoms with Gasteiger partial charge in [-0.05, 0) is 23.3 Å². The number of likely N-dealkylation sites (N-methyl/N-ethyl adjacent to an activating group) is 1. The average Bonchev–Trinajstić information content (AvgIpc) is 2.52. The van der Waals surface area contributed by atoms with Crippen LogP contribution < -0.4 is 4.74 Å². The van der Waals surface area contributed by atoms with E-state index < -0.39 is 15.3 Å². The van der Waals surface area contributed by atoms with Crippen molar-refractivity contribution in [2.24, 2.45) is 0 Å². The van der Waals surface area contributed by atoms with E-state index in [1.165, 1.54) is 4.31 Å². The van der Waals surface area contributed by atoms with Crippen LogP contribution in [0.4, 0.5) is 0 Å². The molecule has 1 saturated heterocycles. The summed E-state index contributed by atoms with van der Waals surface area (Å²) in [5.41, 5.74) is 1.80. The van der Waals surface area contributed by atoms with Gasteiger partial charge in [0.2, 0.25) is 10.0 Å². The normalized spacial score (nSPS) is 24.3. The van der Waals surface area contributed by atoms with Crippen LogP contribution in [-0.2, 0) is 10.0 Å². The lowest BCUT2D eigenvalue weighted by molar-refractivity contribution is 0.291. The molecule has 0 bridgehead atoms. The van der Waals surface area contributed by atoms with Gasteiger partial charge >= 0.3 is 0 Å². The van der Waals surface area contributed by atoms with Crippen LogP contribution in [0.15, 0.2) is 54.6 Å². The van der Waals surface area contributed by atoms with Crippen LogP contribution in [-0.4, -0.2) is 26.9 Å². The molecule has 1 fully saturated rings. The first-order valence-electron chi connectivity index (χ1n) is 6.71. The Labute approximate surface area is 125 Å². The molecule has 5 heteroatoms. The molecule has 2 aromatic rings. The van der Waals surface area contributed by atoms with Gasteiger partial charge in [0.05, 0.1) is 13.2 Å². The number of nitrogens with zero attached hydrogens (tertiary/aromatic N) is 1. The zero-order chi connectivity index (χ0) is 15.0. The molecule has 21 heavy (non-hydrogen) atoms. The molecule has 1 heterocycles.